The molecule has 0 aliphatic carbocycles. The van der Waals surface area contributed by atoms with Crippen LogP contribution in [0.1, 0.15) is 8.35 Å². The third-order valence-electron chi connectivity index (χ3n) is 2.04. The van der Waals surface area contributed by atoms with Crippen LogP contribution in [-0.2, 0) is 14.3 Å². The minimum atomic E-state index is -2.32. The van der Waals surface area contributed by atoms with Crippen LogP contribution in [0.3, 0.4) is 0 Å². The van der Waals surface area contributed by atoms with Gasteiger partial charge in [-0.15, -0.1) is 0 Å². The maximum atomic E-state index is 11.1. The van der Waals surface area contributed by atoms with Crippen molar-refractivity contribution in [2.45, 2.75) is 37.4 Å². The topological polar surface area (TPSA) is 165 Å². The van der Waals surface area contributed by atoms with Crippen LogP contribution in [0.4, 0.5) is 0 Å². The van der Waals surface area contributed by atoms with Crippen molar-refractivity contribution in [2.75, 3.05) is 6.61 Å². The summed E-state index contributed by atoms with van der Waals surface area (Å²) in [4.78, 5) is 21.9. The van der Waals surface area contributed by atoms with E-state index in [9.17, 15) is 24.9 Å². The van der Waals surface area contributed by atoms with Gasteiger partial charge in [-0.25, -0.2) is 9.59 Å². The summed E-state index contributed by atoms with van der Waals surface area (Å²) in [6.07, 6.45) is -9.88. The summed E-state index contributed by atoms with van der Waals surface area (Å²) in [5.74, 6) is -2.94. The molecule has 0 rings (SSSR count). The largest absolute Gasteiger partial charge is 1.00 e. The van der Waals surface area contributed by atoms with Crippen molar-refractivity contribution in [3.8, 4) is 0 Å². The Morgan fingerprint density at radius 2 is 1.53 bits per heavy atom. The van der Waals surface area contributed by atoms with Gasteiger partial charge in [-0.2, -0.15) is 0 Å². The minimum Gasteiger partial charge on any atom is -1.00 e. The molecule has 108 valence electrons. The van der Waals surface area contributed by atoms with Crippen LogP contribution < -0.4 is 29.6 Å². The van der Waals surface area contributed by atoms with Gasteiger partial charge in [-0.3, -0.25) is 0 Å². The smallest absolute Gasteiger partial charge is 1.00 e. The SMILES string of the molecule is CC(O)C(=O)OC(=O)[C@H](O)[C@@H](O)[C@H](O)[C@H](O)CO.[H-].[Na+]. The first-order chi connectivity index (χ1) is 8.22. The molecule has 0 radical (unpaired) electrons. The van der Waals surface area contributed by atoms with Crippen molar-refractivity contribution in [1.29, 1.82) is 0 Å². The zero-order chi connectivity index (χ0) is 14.5. The van der Waals surface area contributed by atoms with Crippen LogP contribution in [0, 0.1) is 0 Å². The molecule has 0 amide bonds. The molecule has 1 unspecified atom stereocenters. The number of aliphatic hydroxyl groups is 6. The molecule has 0 aromatic carbocycles. The van der Waals surface area contributed by atoms with E-state index in [2.05, 4.69) is 4.74 Å². The Hall–Kier alpha value is -0.100. The standard InChI is InChI=1S/C9H16O9.Na.H/c1-3(11)8(16)18-9(17)7(15)6(14)5(13)4(12)2-10;;/h3-7,10-15H,2H2,1H3;;/q;+1;-1/t3?,4-,5-,6+,7-;;/m1../s1. The molecule has 0 aromatic rings. The molecule has 0 saturated carbocycles. The van der Waals surface area contributed by atoms with E-state index in [4.69, 9.17) is 15.3 Å². The molecule has 10 heteroatoms. The monoisotopic (exact) mass is 292 g/mol. The van der Waals surface area contributed by atoms with Crippen LogP contribution >= 0.6 is 0 Å². The summed E-state index contributed by atoms with van der Waals surface area (Å²) in [5.41, 5.74) is 0. The molecule has 0 fully saturated rings. The van der Waals surface area contributed by atoms with E-state index < -0.39 is 49.1 Å². The van der Waals surface area contributed by atoms with Gasteiger partial charge in [0.1, 0.15) is 24.4 Å². The van der Waals surface area contributed by atoms with Gasteiger partial charge in [0.05, 0.1) is 6.61 Å². The summed E-state index contributed by atoms with van der Waals surface area (Å²) >= 11 is 0. The van der Waals surface area contributed by atoms with Crippen molar-refractivity contribution in [3.63, 3.8) is 0 Å². The van der Waals surface area contributed by atoms with Crippen molar-refractivity contribution in [3.05, 3.63) is 0 Å². The second-order valence-corrected chi connectivity index (χ2v) is 3.59. The molecule has 9 nitrogen and oxygen atoms in total. The fourth-order valence-corrected chi connectivity index (χ4v) is 0.907. The van der Waals surface area contributed by atoms with Crippen LogP contribution in [0.2, 0.25) is 0 Å². The van der Waals surface area contributed by atoms with E-state index in [1.165, 1.54) is 0 Å². The molecular formula is C9H17NaO9. The number of hydrogen-bond acceptors (Lipinski definition) is 9. The first-order valence-corrected chi connectivity index (χ1v) is 4.99. The number of ether oxygens (including phenoxy) is 1. The van der Waals surface area contributed by atoms with Gasteiger partial charge in [0.2, 0.25) is 0 Å². The molecule has 0 spiro atoms. The van der Waals surface area contributed by atoms with E-state index >= 15 is 0 Å². The molecule has 6 N–H and O–H groups in total. The fourth-order valence-electron chi connectivity index (χ4n) is 0.907. The Morgan fingerprint density at radius 3 is 1.89 bits per heavy atom. The molecule has 5 atom stereocenters. The van der Waals surface area contributed by atoms with Crippen LogP contribution in [-0.4, -0.2) is 79.7 Å². The van der Waals surface area contributed by atoms with Crippen LogP contribution in [0.25, 0.3) is 0 Å². The number of carbonyl (C=O) groups excluding carboxylic acids is 2. The first kappa shape index (κ1) is 21.2. The summed E-state index contributed by atoms with van der Waals surface area (Å²) in [6, 6.07) is 0. The summed E-state index contributed by atoms with van der Waals surface area (Å²) in [5, 5.41) is 53.9. The Labute approximate surface area is 132 Å². The molecule has 0 aliphatic rings. The molecule has 0 saturated heterocycles. The molecule has 0 bridgehead atoms. The molecule has 19 heavy (non-hydrogen) atoms. The van der Waals surface area contributed by atoms with Crippen molar-refractivity contribution in [1.82, 2.24) is 0 Å². The average molecular weight is 292 g/mol. The van der Waals surface area contributed by atoms with E-state index in [-0.39, 0.29) is 31.0 Å². The van der Waals surface area contributed by atoms with E-state index in [1.807, 2.05) is 0 Å². The van der Waals surface area contributed by atoms with Gasteiger partial charge in [0.15, 0.2) is 6.10 Å². The molecular weight excluding hydrogens is 275 g/mol. The summed E-state index contributed by atoms with van der Waals surface area (Å²) < 4.78 is 3.97. The second kappa shape index (κ2) is 9.75. The molecule has 0 aromatic heterocycles. The van der Waals surface area contributed by atoms with Gasteiger partial charge in [0.25, 0.3) is 0 Å². The number of hydrogen-bond donors (Lipinski definition) is 6. The maximum Gasteiger partial charge on any atom is 1.00 e. The zero-order valence-electron chi connectivity index (χ0n) is 11.5. The number of carbonyl (C=O) groups is 2. The predicted octanol–water partition coefficient (Wildman–Crippen LogP) is -7.01. The maximum absolute atomic E-state index is 11.1. The van der Waals surface area contributed by atoms with E-state index in [0.29, 0.717) is 0 Å². The quantitative estimate of drug-likeness (QED) is 0.158. The Morgan fingerprint density at radius 1 is 1.05 bits per heavy atom. The van der Waals surface area contributed by atoms with Crippen molar-refractivity contribution in [2.24, 2.45) is 0 Å². The Kier molecular flexibility index (Phi) is 10.9. The van der Waals surface area contributed by atoms with Crippen LogP contribution in [0.15, 0.2) is 0 Å². The summed E-state index contributed by atoms with van der Waals surface area (Å²) in [6.45, 7) is 0.107. The Bertz CT molecular complexity index is 301. The Balaban J connectivity index is -0.00000144. The predicted molar refractivity (Wildman–Crippen MR) is 55.0 cm³/mol. The normalized spacial score (nSPS) is 18.5. The first-order valence-electron chi connectivity index (χ1n) is 4.99. The number of aliphatic hydroxyl groups excluding tert-OH is 6. The summed E-state index contributed by atoms with van der Waals surface area (Å²) in [7, 11) is 0. The van der Waals surface area contributed by atoms with Gasteiger partial charge < -0.3 is 36.8 Å². The van der Waals surface area contributed by atoms with Crippen molar-refractivity contribution >= 4 is 11.9 Å². The third kappa shape index (κ3) is 6.75. The van der Waals surface area contributed by atoms with Gasteiger partial charge >= 0.3 is 41.5 Å². The number of esters is 2. The zero-order valence-corrected chi connectivity index (χ0v) is 12.5. The fraction of sp³-hybridized carbons (Fsp3) is 0.778. The van der Waals surface area contributed by atoms with Crippen LogP contribution in [0.5, 0.6) is 0 Å². The molecule has 0 heterocycles. The van der Waals surface area contributed by atoms with Gasteiger partial charge in [-0.05, 0) is 6.92 Å². The third-order valence-corrected chi connectivity index (χ3v) is 2.04. The average Bonchev–Trinajstić information content (AvgIpc) is 2.34. The molecule has 0 aliphatic heterocycles. The number of rotatable bonds is 6. The minimum absolute atomic E-state index is 0. The van der Waals surface area contributed by atoms with E-state index in [0.717, 1.165) is 6.92 Å². The van der Waals surface area contributed by atoms with Gasteiger partial charge in [0, 0.05) is 0 Å². The van der Waals surface area contributed by atoms with Crippen molar-refractivity contribution < 1.29 is 75.9 Å². The van der Waals surface area contributed by atoms with Gasteiger partial charge in [-0.1, -0.05) is 0 Å². The van der Waals surface area contributed by atoms with E-state index in [1.54, 1.807) is 0 Å². The second-order valence-electron chi connectivity index (χ2n) is 3.59.